The molecule has 1 saturated heterocycles. The van der Waals surface area contributed by atoms with Gasteiger partial charge in [-0.1, -0.05) is 18.2 Å². The lowest BCUT2D eigenvalue weighted by atomic mass is 9.97. The molecule has 0 radical (unpaired) electrons. The van der Waals surface area contributed by atoms with Gasteiger partial charge in [-0.2, -0.15) is 17.5 Å². The van der Waals surface area contributed by atoms with E-state index >= 15 is 0 Å². The highest BCUT2D eigenvalue weighted by Crippen LogP contribution is 2.32. The number of nitrogens with one attached hydrogen (secondary N) is 1. The third kappa shape index (κ3) is 6.49. The van der Waals surface area contributed by atoms with Gasteiger partial charge in [0.2, 0.25) is 0 Å². The molecule has 1 N–H and O–H groups in total. The molecule has 12 heteroatoms. The average molecular weight is 578 g/mol. The van der Waals surface area contributed by atoms with Crippen LogP contribution in [0.2, 0.25) is 0 Å². The molecule has 1 amide bonds. The number of hydrogen-bond donors (Lipinski definition) is 1. The van der Waals surface area contributed by atoms with Crippen LogP contribution in [-0.2, 0) is 21.6 Å². The molecule has 1 aliphatic rings. The molecule has 0 aliphatic carbocycles. The van der Waals surface area contributed by atoms with E-state index in [0.29, 0.717) is 34.9 Å². The molecule has 1 unspecified atom stereocenters. The van der Waals surface area contributed by atoms with Crippen LogP contribution in [0.25, 0.3) is 10.8 Å². The van der Waals surface area contributed by atoms with Crippen molar-refractivity contribution >= 4 is 37.9 Å². The van der Waals surface area contributed by atoms with E-state index in [4.69, 9.17) is 0 Å². The number of piperazine rings is 1. The van der Waals surface area contributed by atoms with Gasteiger partial charge in [-0.25, -0.2) is 4.21 Å². The number of para-hydroxylation sites is 1. The van der Waals surface area contributed by atoms with E-state index < -0.39 is 28.4 Å². The van der Waals surface area contributed by atoms with Crippen molar-refractivity contribution in [2.45, 2.75) is 37.9 Å². The number of amides is 1. The maximum atomic E-state index is 13.5. The largest absolute Gasteiger partial charge is 0.401 e. The van der Waals surface area contributed by atoms with Crippen LogP contribution in [0.4, 0.5) is 24.7 Å². The lowest BCUT2D eigenvalue weighted by Gasteiger charge is -2.37. The number of hydrogen-bond acceptors (Lipinski definition) is 6. The van der Waals surface area contributed by atoms with Crippen LogP contribution in [0.15, 0.2) is 56.5 Å². The molecular formula is C28H34F3N5O3S. The van der Waals surface area contributed by atoms with Crippen molar-refractivity contribution in [1.29, 1.82) is 0 Å². The Hall–Kier alpha value is -3.38. The normalized spacial score (nSPS) is 16.9. The molecule has 0 spiro atoms. The van der Waals surface area contributed by atoms with E-state index in [1.165, 1.54) is 18.1 Å². The summed E-state index contributed by atoms with van der Waals surface area (Å²) in [6.45, 7) is 5.35. The Kier molecular flexibility index (Phi) is 8.32. The molecule has 0 saturated carbocycles. The summed E-state index contributed by atoms with van der Waals surface area (Å²) in [6, 6.07) is 12.4. The molecule has 1 aromatic heterocycles. The molecule has 3 aromatic rings. The van der Waals surface area contributed by atoms with Gasteiger partial charge in [0.05, 0.1) is 26.9 Å². The number of aryl methyl sites for hydroxylation is 1. The van der Waals surface area contributed by atoms with Crippen molar-refractivity contribution in [3.8, 4) is 0 Å². The first-order valence-electron chi connectivity index (χ1n) is 12.9. The van der Waals surface area contributed by atoms with Gasteiger partial charge in [-0.15, -0.1) is 0 Å². The van der Waals surface area contributed by atoms with Gasteiger partial charge < -0.3 is 10.2 Å². The molecule has 8 nitrogen and oxygen atoms in total. The smallest absolute Gasteiger partial charge is 0.377 e. The number of benzene rings is 2. The molecule has 2 aromatic carbocycles. The number of fused-ring (bicyclic) bond motifs is 1. The van der Waals surface area contributed by atoms with Crippen molar-refractivity contribution < 1.29 is 22.2 Å². The fourth-order valence-corrected chi connectivity index (χ4v) is 6.70. The fraction of sp³-hybridized carbons (Fsp3) is 0.429. The summed E-state index contributed by atoms with van der Waals surface area (Å²) >= 11 is 0. The number of halogens is 3. The van der Waals surface area contributed by atoms with E-state index in [1.54, 1.807) is 35.9 Å². The van der Waals surface area contributed by atoms with Crippen molar-refractivity contribution in [1.82, 2.24) is 9.47 Å². The standard InChI is InChI=1S/C28H34F3N5O3S/c1-18-14-21(19(2)32-24-8-6-7-9-25(24)40(5,39)33-20(3)37)22-16-26(34(4)27(38)23(22)15-18)36-12-10-35(11-13-36)17-28(29,30)31/h6-9,14-16,19,32H,10-13,17H2,1-5H3/t19-,40?/m1/s1. The number of anilines is 2. The van der Waals surface area contributed by atoms with E-state index in [0.717, 1.165) is 16.5 Å². The fourth-order valence-electron chi connectivity index (χ4n) is 5.25. The Balaban J connectivity index is 1.73. The lowest BCUT2D eigenvalue weighted by molar-refractivity contribution is -0.146. The molecular weight excluding hydrogens is 543 g/mol. The number of rotatable bonds is 6. The molecule has 216 valence electrons. The second kappa shape index (κ2) is 11.2. The van der Waals surface area contributed by atoms with Crippen LogP contribution >= 0.6 is 0 Å². The zero-order valence-corrected chi connectivity index (χ0v) is 24.0. The number of aromatic nitrogens is 1. The Morgan fingerprint density at radius 3 is 2.38 bits per heavy atom. The van der Waals surface area contributed by atoms with Crippen molar-refractivity contribution in [2.75, 3.05) is 49.2 Å². The zero-order chi connectivity index (χ0) is 29.4. The first kappa shape index (κ1) is 29.6. The van der Waals surface area contributed by atoms with Crippen LogP contribution < -0.4 is 15.8 Å². The Morgan fingerprint density at radius 2 is 1.75 bits per heavy atom. The molecule has 2 atom stereocenters. The van der Waals surface area contributed by atoms with Crippen molar-refractivity contribution in [3.05, 3.63) is 63.9 Å². The Bertz CT molecular complexity index is 1620. The summed E-state index contributed by atoms with van der Waals surface area (Å²) in [6.07, 6.45) is -2.83. The van der Waals surface area contributed by atoms with E-state index in [1.807, 2.05) is 36.9 Å². The first-order valence-corrected chi connectivity index (χ1v) is 14.9. The van der Waals surface area contributed by atoms with Crippen LogP contribution in [0.3, 0.4) is 0 Å². The highest BCUT2D eigenvalue weighted by Gasteiger charge is 2.32. The minimum atomic E-state index is -4.25. The minimum absolute atomic E-state index is 0.195. The van der Waals surface area contributed by atoms with Gasteiger partial charge in [0.1, 0.15) is 5.82 Å². The predicted molar refractivity (Wildman–Crippen MR) is 153 cm³/mol. The number of carbonyl (C=O) groups is 1. The number of alkyl halides is 3. The van der Waals surface area contributed by atoms with Gasteiger partial charge in [-0.3, -0.25) is 19.1 Å². The molecule has 1 fully saturated rings. The van der Waals surface area contributed by atoms with Gasteiger partial charge in [0.25, 0.3) is 11.5 Å². The third-order valence-electron chi connectivity index (χ3n) is 7.04. The molecule has 1 aliphatic heterocycles. The number of nitrogens with zero attached hydrogens (tertiary/aromatic N) is 4. The van der Waals surface area contributed by atoms with E-state index in [9.17, 15) is 27.0 Å². The highest BCUT2D eigenvalue weighted by atomic mass is 32.2. The van der Waals surface area contributed by atoms with E-state index in [-0.39, 0.29) is 24.7 Å². The predicted octanol–water partition coefficient (Wildman–Crippen LogP) is 4.71. The number of pyridine rings is 1. The van der Waals surface area contributed by atoms with Crippen LogP contribution in [0.5, 0.6) is 0 Å². The average Bonchev–Trinajstić information content (AvgIpc) is 2.85. The van der Waals surface area contributed by atoms with Gasteiger partial charge in [0, 0.05) is 57.8 Å². The number of carbonyl (C=O) groups excluding carboxylic acids is 1. The van der Waals surface area contributed by atoms with Crippen molar-refractivity contribution in [3.63, 3.8) is 0 Å². The van der Waals surface area contributed by atoms with Gasteiger partial charge in [-0.05, 0) is 54.6 Å². The van der Waals surface area contributed by atoms with Crippen LogP contribution in [0.1, 0.15) is 31.0 Å². The van der Waals surface area contributed by atoms with E-state index in [2.05, 4.69) is 9.68 Å². The quantitative estimate of drug-likeness (QED) is 0.457. The summed E-state index contributed by atoms with van der Waals surface area (Å²) in [5, 5.41) is 4.66. The van der Waals surface area contributed by atoms with Crippen LogP contribution in [0, 0.1) is 6.92 Å². The molecule has 4 rings (SSSR count). The lowest BCUT2D eigenvalue weighted by Crippen LogP contribution is -2.50. The van der Waals surface area contributed by atoms with Crippen LogP contribution in [-0.4, -0.2) is 64.7 Å². The van der Waals surface area contributed by atoms with Gasteiger partial charge in [0.15, 0.2) is 0 Å². The summed E-state index contributed by atoms with van der Waals surface area (Å²) < 4.78 is 57.2. The maximum Gasteiger partial charge on any atom is 0.401 e. The first-order chi connectivity index (χ1) is 18.7. The second-order valence-electron chi connectivity index (χ2n) is 10.3. The molecule has 40 heavy (non-hydrogen) atoms. The SMILES string of the molecule is CC(=O)N=S(C)(=O)c1ccccc1N[C@H](C)c1cc(C)cc2c(=O)n(C)c(N3CCN(CC(F)(F)F)CC3)cc12. The summed E-state index contributed by atoms with van der Waals surface area (Å²) in [5.41, 5.74) is 2.10. The Labute approximate surface area is 232 Å². The second-order valence-corrected chi connectivity index (χ2v) is 12.6. The Morgan fingerprint density at radius 1 is 1.10 bits per heavy atom. The van der Waals surface area contributed by atoms with Gasteiger partial charge >= 0.3 is 6.18 Å². The highest BCUT2D eigenvalue weighted by molar-refractivity contribution is 7.93. The minimum Gasteiger partial charge on any atom is -0.377 e. The monoisotopic (exact) mass is 577 g/mol. The summed E-state index contributed by atoms with van der Waals surface area (Å²) in [7, 11) is -1.31. The maximum absolute atomic E-state index is 13.5. The molecule has 0 bridgehead atoms. The topological polar surface area (TPSA) is 87.0 Å². The zero-order valence-electron chi connectivity index (χ0n) is 23.2. The summed E-state index contributed by atoms with van der Waals surface area (Å²) in [5.74, 6) is 0.112. The van der Waals surface area contributed by atoms with Crippen molar-refractivity contribution in [2.24, 2.45) is 11.4 Å². The summed E-state index contributed by atoms with van der Waals surface area (Å²) in [4.78, 5) is 28.8. The molecule has 2 heterocycles. The third-order valence-corrected chi connectivity index (χ3v) is 8.82.